The van der Waals surface area contributed by atoms with Crippen LogP contribution in [0.1, 0.15) is 12.5 Å². The van der Waals surface area contributed by atoms with E-state index in [4.69, 9.17) is 9.47 Å². The summed E-state index contributed by atoms with van der Waals surface area (Å²) in [4.78, 5) is 23.6. The summed E-state index contributed by atoms with van der Waals surface area (Å²) in [6, 6.07) is 17.4. The Kier molecular flexibility index (Phi) is 8.06. The molecule has 0 N–H and O–H groups in total. The number of hydrogen-bond donors (Lipinski definition) is 0. The van der Waals surface area contributed by atoms with E-state index in [0.717, 1.165) is 17.0 Å². The van der Waals surface area contributed by atoms with Gasteiger partial charge in [0.15, 0.2) is 6.61 Å². The Hall–Kier alpha value is -3.12. The van der Waals surface area contributed by atoms with Crippen molar-refractivity contribution < 1.29 is 23.8 Å². The monoisotopic (exact) mass is 369 g/mol. The number of ether oxygens (including phenoxy) is 3. The van der Waals surface area contributed by atoms with Gasteiger partial charge in [-0.15, -0.1) is 0 Å². The number of para-hydroxylation sites is 2. The molecule has 3 rings (SSSR count). The second kappa shape index (κ2) is 10.8. The number of methoxy groups -OCH3 is 1. The molecular formula is C21H23NO5. The molecule has 1 aliphatic heterocycles. The highest BCUT2D eigenvalue weighted by atomic mass is 16.5. The van der Waals surface area contributed by atoms with Gasteiger partial charge in [-0.2, -0.15) is 0 Å². The molecule has 142 valence electrons. The maximum Gasteiger partial charge on any atom is 0.330 e. The van der Waals surface area contributed by atoms with Crippen LogP contribution in [0, 0.1) is 0 Å². The first kappa shape index (κ1) is 20.2. The van der Waals surface area contributed by atoms with Crippen LogP contribution in [0.4, 0.5) is 5.69 Å². The van der Waals surface area contributed by atoms with Crippen molar-refractivity contribution in [1.29, 1.82) is 0 Å². The smallest absolute Gasteiger partial charge is 0.330 e. The Balaban J connectivity index is 0.000000321. The van der Waals surface area contributed by atoms with Gasteiger partial charge in [-0.05, 0) is 24.6 Å². The third-order valence-electron chi connectivity index (χ3n) is 3.64. The fourth-order valence-corrected chi connectivity index (χ4v) is 2.33. The molecule has 1 aliphatic rings. The van der Waals surface area contributed by atoms with E-state index in [1.165, 1.54) is 13.2 Å². The number of rotatable bonds is 5. The second-order valence-electron chi connectivity index (χ2n) is 5.56. The zero-order valence-corrected chi connectivity index (χ0v) is 15.5. The molecule has 1 amide bonds. The van der Waals surface area contributed by atoms with Gasteiger partial charge in [0, 0.05) is 6.08 Å². The topological polar surface area (TPSA) is 65.1 Å². The van der Waals surface area contributed by atoms with Gasteiger partial charge in [0.2, 0.25) is 0 Å². The lowest BCUT2D eigenvalue weighted by molar-refractivity contribution is -0.134. The van der Waals surface area contributed by atoms with Crippen LogP contribution in [-0.4, -0.2) is 32.3 Å². The Bertz CT molecular complexity index is 773. The Morgan fingerprint density at radius 3 is 2.52 bits per heavy atom. The molecule has 0 saturated heterocycles. The van der Waals surface area contributed by atoms with E-state index >= 15 is 0 Å². The molecular weight excluding hydrogens is 346 g/mol. The third-order valence-corrected chi connectivity index (χ3v) is 3.64. The molecule has 27 heavy (non-hydrogen) atoms. The van der Waals surface area contributed by atoms with E-state index < -0.39 is 0 Å². The van der Waals surface area contributed by atoms with E-state index in [-0.39, 0.29) is 25.2 Å². The van der Waals surface area contributed by atoms with Crippen molar-refractivity contribution in [3.8, 4) is 5.75 Å². The maximum absolute atomic E-state index is 11.9. The fourth-order valence-electron chi connectivity index (χ4n) is 2.33. The number of nitrogens with zero attached hydrogens (tertiary/aromatic N) is 1. The van der Waals surface area contributed by atoms with Gasteiger partial charge in [0.1, 0.15) is 12.5 Å². The molecule has 0 radical (unpaired) electrons. The number of esters is 1. The number of fused-ring (bicyclic) bond motifs is 1. The predicted octanol–water partition coefficient (Wildman–Crippen LogP) is 3.32. The van der Waals surface area contributed by atoms with Gasteiger partial charge < -0.3 is 14.2 Å². The molecule has 6 nitrogen and oxygen atoms in total. The number of carbonyl (C=O) groups excluding carboxylic acids is 2. The largest absolute Gasteiger partial charge is 0.482 e. The van der Waals surface area contributed by atoms with Crippen LogP contribution in [0.5, 0.6) is 5.75 Å². The molecule has 0 saturated carbocycles. The maximum atomic E-state index is 11.9. The van der Waals surface area contributed by atoms with Gasteiger partial charge >= 0.3 is 5.97 Å². The minimum atomic E-state index is -0.303. The van der Waals surface area contributed by atoms with E-state index in [9.17, 15) is 9.59 Å². The summed E-state index contributed by atoms with van der Waals surface area (Å²) in [6.07, 6.45) is 2.99. The highest BCUT2D eigenvalue weighted by molar-refractivity contribution is 5.97. The fraction of sp³-hybridized carbons (Fsp3) is 0.238. The minimum Gasteiger partial charge on any atom is -0.482 e. The van der Waals surface area contributed by atoms with Gasteiger partial charge in [0.05, 0.1) is 19.4 Å². The molecule has 2 aromatic carbocycles. The molecule has 6 heteroatoms. The number of hydrogen-bond acceptors (Lipinski definition) is 5. The van der Waals surface area contributed by atoms with Crippen molar-refractivity contribution in [1.82, 2.24) is 0 Å². The second-order valence-corrected chi connectivity index (χ2v) is 5.56. The van der Waals surface area contributed by atoms with Crippen molar-refractivity contribution in [2.24, 2.45) is 0 Å². The Morgan fingerprint density at radius 2 is 1.85 bits per heavy atom. The van der Waals surface area contributed by atoms with Crippen LogP contribution in [0.2, 0.25) is 0 Å². The Morgan fingerprint density at radius 1 is 1.15 bits per heavy atom. The summed E-state index contributed by atoms with van der Waals surface area (Å²) in [5.74, 6) is 0.328. The normalized spacial score (nSPS) is 12.7. The van der Waals surface area contributed by atoms with Crippen molar-refractivity contribution >= 4 is 17.6 Å². The van der Waals surface area contributed by atoms with E-state index in [1.807, 2.05) is 54.6 Å². The highest BCUT2D eigenvalue weighted by Crippen LogP contribution is 2.31. The number of amides is 1. The standard InChI is InChI=1S/C16H15NO3.C5H8O2/c18-16-11-20-15-9-5-4-8-14(15)17(16)12-19-10-13-6-2-1-3-7-13;1-3-4-5(6)7-2/h1-9H,10-12H2;3-4H,1-2H3/b;4-3+. The van der Waals surface area contributed by atoms with Crippen LogP contribution >= 0.6 is 0 Å². The number of allylic oxidation sites excluding steroid dienone is 1. The molecule has 0 fully saturated rings. The van der Waals surface area contributed by atoms with Crippen LogP contribution < -0.4 is 9.64 Å². The van der Waals surface area contributed by atoms with Gasteiger partial charge in [-0.1, -0.05) is 48.5 Å². The lowest BCUT2D eigenvalue weighted by Gasteiger charge is -2.28. The number of benzene rings is 2. The first-order chi connectivity index (χ1) is 13.2. The van der Waals surface area contributed by atoms with Crippen molar-refractivity contribution in [2.75, 3.05) is 25.3 Å². The molecule has 0 atom stereocenters. The minimum absolute atomic E-state index is 0.0612. The predicted molar refractivity (Wildman–Crippen MR) is 102 cm³/mol. The molecule has 0 spiro atoms. The van der Waals surface area contributed by atoms with Crippen molar-refractivity contribution in [3.63, 3.8) is 0 Å². The first-order valence-electron chi connectivity index (χ1n) is 8.50. The van der Waals surface area contributed by atoms with Crippen LogP contribution in [-0.2, 0) is 25.7 Å². The van der Waals surface area contributed by atoms with Crippen LogP contribution in [0.25, 0.3) is 0 Å². The third kappa shape index (κ3) is 6.27. The molecule has 2 aromatic rings. The molecule has 0 aliphatic carbocycles. The van der Waals surface area contributed by atoms with E-state index in [2.05, 4.69) is 4.74 Å². The lowest BCUT2D eigenvalue weighted by atomic mass is 10.2. The summed E-state index contributed by atoms with van der Waals surface area (Å²) in [7, 11) is 1.35. The van der Waals surface area contributed by atoms with Crippen LogP contribution in [0.15, 0.2) is 66.7 Å². The summed E-state index contributed by atoms with van der Waals surface area (Å²) >= 11 is 0. The Labute approximate surface area is 159 Å². The average Bonchev–Trinajstić information content (AvgIpc) is 2.71. The van der Waals surface area contributed by atoms with Crippen molar-refractivity contribution in [2.45, 2.75) is 13.5 Å². The molecule has 0 unspecified atom stereocenters. The quantitative estimate of drug-likeness (QED) is 0.598. The zero-order valence-electron chi connectivity index (χ0n) is 15.5. The SMILES string of the molecule is C/C=C/C(=O)OC.O=C1COc2ccccc2N1COCc1ccccc1. The lowest BCUT2D eigenvalue weighted by Crippen LogP contribution is -2.40. The number of anilines is 1. The molecule has 1 heterocycles. The van der Waals surface area contributed by atoms with Gasteiger partial charge in [0.25, 0.3) is 5.91 Å². The first-order valence-corrected chi connectivity index (χ1v) is 8.50. The van der Waals surface area contributed by atoms with E-state index in [1.54, 1.807) is 17.9 Å². The van der Waals surface area contributed by atoms with Gasteiger partial charge in [-0.3, -0.25) is 9.69 Å². The molecule has 0 aromatic heterocycles. The number of carbonyl (C=O) groups is 2. The van der Waals surface area contributed by atoms with Crippen molar-refractivity contribution in [3.05, 3.63) is 72.3 Å². The zero-order chi connectivity index (χ0) is 19.5. The summed E-state index contributed by atoms with van der Waals surface area (Å²) in [6.45, 7) is 2.53. The molecule has 0 bridgehead atoms. The summed E-state index contributed by atoms with van der Waals surface area (Å²) < 4.78 is 15.3. The van der Waals surface area contributed by atoms with Gasteiger partial charge in [-0.25, -0.2) is 4.79 Å². The average molecular weight is 369 g/mol. The summed E-state index contributed by atoms with van der Waals surface area (Å²) in [5.41, 5.74) is 1.85. The van der Waals surface area contributed by atoms with E-state index in [0.29, 0.717) is 6.61 Å². The van der Waals surface area contributed by atoms with Crippen LogP contribution in [0.3, 0.4) is 0 Å². The highest BCUT2D eigenvalue weighted by Gasteiger charge is 2.24. The summed E-state index contributed by atoms with van der Waals surface area (Å²) in [5, 5.41) is 0.